The molecular formula is C13H16F3N7. The van der Waals surface area contributed by atoms with E-state index in [0.29, 0.717) is 25.5 Å². The Morgan fingerprint density at radius 3 is 2.39 bits per heavy atom. The summed E-state index contributed by atoms with van der Waals surface area (Å²) in [6.45, 7) is 5.36. The Morgan fingerprint density at radius 2 is 1.87 bits per heavy atom. The summed E-state index contributed by atoms with van der Waals surface area (Å²) in [5, 5.41) is 13.9. The minimum absolute atomic E-state index is 0.464. The summed E-state index contributed by atoms with van der Waals surface area (Å²) in [5.41, 5.74) is -0.972. The second-order valence-corrected chi connectivity index (χ2v) is 5.37. The summed E-state index contributed by atoms with van der Waals surface area (Å²) < 4.78 is 37.5. The summed E-state index contributed by atoms with van der Waals surface area (Å²) in [7, 11) is 0. The van der Waals surface area contributed by atoms with Crippen LogP contribution in [-0.2, 0) is 12.7 Å². The molecule has 1 aliphatic rings. The zero-order valence-electron chi connectivity index (χ0n) is 12.5. The zero-order chi connectivity index (χ0) is 16.4. The summed E-state index contributed by atoms with van der Waals surface area (Å²) in [6, 6.07) is 2.33. The number of nitrogens with zero attached hydrogens (tertiary/aromatic N) is 6. The molecule has 23 heavy (non-hydrogen) atoms. The van der Waals surface area contributed by atoms with E-state index >= 15 is 0 Å². The molecule has 0 atom stereocenters. The Labute approximate surface area is 130 Å². The van der Waals surface area contributed by atoms with Crippen LogP contribution in [0.4, 0.5) is 19.0 Å². The van der Waals surface area contributed by atoms with Gasteiger partial charge in [0.15, 0.2) is 17.3 Å². The van der Waals surface area contributed by atoms with E-state index in [-0.39, 0.29) is 0 Å². The van der Waals surface area contributed by atoms with Crippen molar-refractivity contribution in [2.75, 3.05) is 31.1 Å². The number of rotatable bonds is 3. The van der Waals surface area contributed by atoms with Crippen LogP contribution in [0.25, 0.3) is 0 Å². The van der Waals surface area contributed by atoms with E-state index in [2.05, 4.69) is 30.3 Å². The minimum atomic E-state index is -4.46. The van der Waals surface area contributed by atoms with Crippen molar-refractivity contribution < 1.29 is 13.2 Å². The fourth-order valence-corrected chi connectivity index (χ4v) is 2.44. The first-order chi connectivity index (χ1) is 10.9. The quantitative estimate of drug-likeness (QED) is 0.914. The van der Waals surface area contributed by atoms with Gasteiger partial charge < -0.3 is 4.90 Å². The normalized spacial score (nSPS) is 16.8. The van der Waals surface area contributed by atoms with Crippen LogP contribution in [0.3, 0.4) is 0 Å². The Balaban J connectivity index is 1.56. The molecule has 0 spiro atoms. The number of nitrogens with one attached hydrogen (secondary N) is 1. The van der Waals surface area contributed by atoms with E-state index < -0.39 is 11.9 Å². The number of H-pyrrole nitrogens is 1. The van der Waals surface area contributed by atoms with Crippen LogP contribution in [0.2, 0.25) is 0 Å². The highest BCUT2D eigenvalue weighted by molar-refractivity contribution is 5.38. The van der Waals surface area contributed by atoms with Gasteiger partial charge in [-0.15, -0.1) is 10.2 Å². The van der Waals surface area contributed by atoms with E-state index in [1.54, 1.807) is 0 Å². The average molecular weight is 327 g/mol. The lowest BCUT2D eigenvalue weighted by Crippen LogP contribution is -2.46. The molecule has 1 fully saturated rings. The van der Waals surface area contributed by atoms with Crippen LogP contribution in [0.15, 0.2) is 12.1 Å². The molecule has 1 aliphatic heterocycles. The van der Waals surface area contributed by atoms with Crippen molar-refractivity contribution in [3.63, 3.8) is 0 Å². The van der Waals surface area contributed by atoms with E-state index in [9.17, 15) is 13.2 Å². The van der Waals surface area contributed by atoms with Crippen LogP contribution in [0, 0.1) is 6.92 Å². The summed E-state index contributed by atoms with van der Waals surface area (Å²) in [4.78, 5) is 8.38. The number of halogens is 3. The fourth-order valence-electron chi connectivity index (χ4n) is 2.44. The maximum absolute atomic E-state index is 12.5. The molecule has 0 saturated carbocycles. The lowest BCUT2D eigenvalue weighted by molar-refractivity contribution is -0.141. The Bertz CT molecular complexity index is 644. The molecule has 3 rings (SSSR count). The van der Waals surface area contributed by atoms with Crippen LogP contribution in [0.1, 0.15) is 17.3 Å². The van der Waals surface area contributed by atoms with Gasteiger partial charge in [-0.2, -0.15) is 18.3 Å². The van der Waals surface area contributed by atoms with Crippen molar-refractivity contribution in [3.8, 4) is 0 Å². The molecule has 0 bridgehead atoms. The number of hydrogen-bond donors (Lipinski definition) is 1. The lowest BCUT2D eigenvalue weighted by Gasteiger charge is -2.34. The van der Waals surface area contributed by atoms with Crippen molar-refractivity contribution in [1.82, 2.24) is 30.3 Å². The maximum Gasteiger partial charge on any atom is 0.435 e. The Morgan fingerprint density at radius 1 is 1.13 bits per heavy atom. The zero-order valence-corrected chi connectivity index (χ0v) is 12.5. The predicted molar refractivity (Wildman–Crippen MR) is 75.6 cm³/mol. The predicted octanol–water partition coefficient (Wildman–Crippen LogP) is 1.24. The Kier molecular flexibility index (Phi) is 4.16. The van der Waals surface area contributed by atoms with Crippen LogP contribution in [-0.4, -0.2) is 56.5 Å². The van der Waals surface area contributed by atoms with Gasteiger partial charge in [-0.05, 0) is 19.1 Å². The molecule has 2 aromatic rings. The molecule has 0 aromatic carbocycles. The molecule has 7 nitrogen and oxygen atoms in total. The average Bonchev–Trinajstić information content (AvgIpc) is 2.92. The highest BCUT2D eigenvalue weighted by Gasteiger charge is 2.33. The van der Waals surface area contributed by atoms with E-state index in [4.69, 9.17) is 0 Å². The van der Waals surface area contributed by atoms with Crippen molar-refractivity contribution >= 4 is 5.82 Å². The van der Waals surface area contributed by atoms with E-state index in [1.165, 1.54) is 6.07 Å². The lowest BCUT2D eigenvalue weighted by atomic mass is 10.3. The van der Waals surface area contributed by atoms with Crippen LogP contribution >= 0.6 is 0 Å². The monoisotopic (exact) mass is 327 g/mol. The van der Waals surface area contributed by atoms with Gasteiger partial charge in [0.25, 0.3) is 0 Å². The molecule has 0 aliphatic carbocycles. The number of aryl methyl sites for hydroxylation is 1. The van der Waals surface area contributed by atoms with Crippen LogP contribution < -0.4 is 4.90 Å². The van der Waals surface area contributed by atoms with Gasteiger partial charge in [0.1, 0.15) is 5.82 Å². The highest BCUT2D eigenvalue weighted by atomic mass is 19.4. The largest absolute Gasteiger partial charge is 0.435 e. The number of piperazine rings is 1. The summed E-state index contributed by atoms with van der Waals surface area (Å²) in [6.07, 6.45) is -4.46. The molecular weight excluding hydrogens is 311 g/mol. The first kappa shape index (κ1) is 15.7. The standard InChI is InChI=1S/C13H16F3N7/c1-9-17-11(20-18-9)8-22-4-6-23(7-5-22)12-3-2-10(19-21-12)13(14,15)16/h2-3H,4-8H2,1H3,(H,17,18,20). The Hall–Kier alpha value is -2.23. The molecule has 0 unspecified atom stereocenters. The van der Waals surface area contributed by atoms with Crippen molar-refractivity contribution in [2.45, 2.75) is 19.6 Å². The first-order valence-corrected chi connectivity index (χ1v) is 7.18. The second-order valence-electron chi connectivity index (χ2n) is 5.37. The molecule has 124 valence electrons. The van der Waals surface area contributed by atoms with Crippen molar-refractivity contribution in [3.05, 3.63) is 29.5 Å². The SMILES string of the molecule is Cc1nc(CN2CCN(c3ccc(C(F)(F)F)nn3)CC2)n[nH]1. The number of anilines is 1. The second kappa shape index (κ2) is 6.11. The fraction of sp³-hybridized carbons (Fsp3) is 0.538. The molecule has 0 amide bonds. The summed E-state index contributed by atoms with van der Waals surface area (Å²) >= 11 is 0. The number of aromatic amines is 1. The number of aromatic nitrogens is 5. The first-order valence-electron chi connectivity index (χ1n) is 7.18. The number of alkyl halides is 3. The van der Waals surface area contributed by atoms with Gasteiger partial charge >= 0.3 is 6.18 Å². The van der Waals surface area contributed by atoms with Gasteiger partial charge in [-0.1, -0.05) is 0 Å². The van der Waals surface area contributed by atoms with Gasteiger partial charge in [-0.3, -0.25) is 10.00 Å². The molecule has 0 radical (unpaired) electrons. The van der Waals surface area contributed by atoms with Crippen LogP contribution in [0.5, 0.6) is 0 Å². The minimum Gasteiger partial charge on any atom is -0.353 e. The highest BCUT2D eigenvalue weighted by Crippen LogP contribution is 2.27. The van der Waals surface area contributed by atoms with E-state index in [0.717, 1.165) is 30.8 Å². The molecule has 1 saturated heterocycles. The third kappa shape index (κ3) is 3.76. The summed E-state index contributed by atoms with van der Waals surface area (Å²) in [5.74, 6) is 1.98. The maximum atomic E-state index is 12.5. The molecule has 1 N–H and O–H groups in total. The van der Waals surface area contributed by atoms with Gasteiger partial charge in [0.2, 0.25) is 0 Å². The van der Waals surface area contributed by atoms with Gasteiger partial charge in [-0.25, -0.2) is 4.98 Å². The third-order valence-corrected chi connectivity index (χ3v) is 3.65. The molecule has 2 aromatic heterocycles. The molecule has 3 heterocycles. The number of hydrogen-bond acceptors (Lipinski definition) is 6. The topological polar surface area (TPSA) is 73.8 Å². The molecule has 10 heteroatoms. The smallest absolute Gasteiger partial charge is 0.353 e. The van der Waals surface area contributed by atoms with Gasteiger partial charge in [0, 0.05) is 26.2 Å². The van der Waals surface area contributed by atoms with Crippen molar-refractivity contribution in [1.29, 1.82) is 0 Å². The van der Waals surface area contributed by atoms with E-state index in [1.807, 2.05) is 11.8 Å². The van der Waals surface area contributed by atoms with Crippen molar-refractivity contribution in [2.24, 2.45) is 0 Å². The third-order valence-electron chi connectivity index (χ3n) is 3.65. The van der Waals surface area contributed by atoms with Gasteiger partial charge in [0.05, 0.1) is 6.54 Å².